The van der Waals surface area contributed by atoms with Crippen LogP contribution in [0, 0.1) is 10.8 Å². The molecular weight excluding hydrogens is 619 g/mol. The second kappa shape index (κ2) is 14.8. The molecule has 0 N–H and O–H groups in total. The quantitative estimate of drug-likeness (QED) is 0.205. The fourth-order valence-electron chi connectivity index (χ4n) is 8.95. The molecule has 5 aliphatic carbocycles. The maximum absolute atomic E-state index is 11.5. The Morgan fingerprint density at radius 2 is 0.915 bits per heavy atom. The van der Waals surface area contributed by atoms with Crippen molar-refractivity contribution < 1.29 is 9.59 Å². The lowest BCUT2D eigenvalue weighted by Gasteiger charge is -2.54. The van der Waals surface area contributed by atoms with Crippen molar-refractivity contribution in [3.63, 3.8) is 0 Å². The first-order valence-corrected chi connectivity index (χ1v) is 18.7. The van der Waals surface area contributed by atoms with Crippen LogP contribution in [0.2, 0.25) is 0 Å². The summed E-state index contributed by atoms with van der Waals surface area (Å²) in [7, 11) is 0. The van der Waals surface area contributed by atoms with Crippen LogP contribution in [0.15, 0.2) is 103 Å². The molecule has 0 unspecified atom stereocenters. The summed E-state index contributed by atoms with van der Waals surface area (Å²) in [4.78, 5) is 22.6. The smallest absolute Gasteiger partial charge is 0.181 e. The van der Waals surface area contributed by atoms with E-state index in [1.54, 1.807) is 0 Å². The van der Waals surface area contributed by atoms with E-state index in [9.17, 15) is 9.59 Å². The number of halogens is 2. The van der Waals surface area contributed by atoms with Crippen LogP contribution < -0.4 is 0 Å². The second-order valence-electron chi connectivity index (χ2n) is 15.2. The minimum Gasteiger partial charge on any atom is -0.300 e. The molecule has 0 aliphatic heterocycles. The standard InChI is InChI=1S/C15H16Cl2O.C15H18O.C13H16/c16-15(17)13(18)10-14(15)8-6-12(7-9-14)11-4-2-1-3-5-11;16-14-10-15(11-14)8-6-13(7-9-15)12-4-2-1-3-5-12;1-11-7-9-13(10-8-11)12-5-3-2-4-6-12/h1-5,12H,6-10H2;1-5,13H,6-11H2;2-6,13H,1,7-10H2. The molecule has 0 amide bonds. The number of rotatable bonds is 3. The number of alkyl halides is 2. The lowest BCUT2D eigenvalue weighted by molar-refractivity contribution is -0.137. The lowest BCUT2D eigenvalue weighted by atomic mass is 9.57. The van der Waals surface area contributed by atoms with Gasteiger partial charge in [-0.05, 0) is 117 Å². The van der Waals surface area contributed by atoms with E-state index < -0.39 is 4.33 Å². The third-order valence-corrected chi connectivity index (χ3v) is 13.4. The van der Waals surface area contributed by atoms with Gasteiger partial charge in [0.25, 0.3) is 0 Å². The Bertz CT molecular complexity index is 1480. The fraction of sp³-hybridized carbons (Fsp3) is 0.488. The minimum absolute atomic E-state index is 0.00370. The average Bonchev–Trinajstić information content (AvgIpc) is 3.10. The highest BCUT2D eigenvalue weighted by molar-refractivity contribution is 6.61. The fourth-order valence-corrected chi connectivity index (χ4v) is 9.59. The van der Waals surface area contributed by atoms with E-state index in [1.165, 1.54) is 73.6 Å². The van der Waals surface area contributed by atoms with Crippen LogP contribution >= 0.6 is 23.2 Å². The molecule has 0 atom stereocenters. The van der Waals surface area contributed by atoms with E-state index >= 15 is 0 Å². The van der Waals surface area contributed by atoms with E-state index in [0.29, 0.717) is 23.5 Å². The predicted octanol–water partition coefficient (Wildman–Crippen LogP) is 12.1. The zero-order valence-corrected chi connectivity index (χ0v) is 29.3. The topological polar surface area (TPSA) is 34.1 Å². The summed E-state index contributed by atoms with van der Waals surface area (Å²) in [5.74, 6) is 2.60. The third-order valence-electron chi connectivity index (χ3n) is 12.2. The number of carbonyl (C=O) groups excluding carboxylic acids is 2. The third kappa shape index (κ3) is 7.81. The van der Waals surface area contributed by atoms with Gasteiger partial charge in [-0.15, -0.1) is 0 Å². The molecule has 0 aromatic heterocycles. The van der Waals surface area contributed by atoms with E-state index in [-0.39, 0.29) is 11.2 Å². The highest BCUT2D eigenvalue weighted by Crippen LogP contribution is 2.63. The molecule has 5 saturated carbocycles. The van der Waals surface area contributed by atoms with Crippen LogP contribution in [-0.2, 0) is 9.59 Å². The number of allylic oxidation sites excluding steroid dienone is 1. The van der Waals surface area contributed by atoms with Gasteiger partial charge in [0.15, 0.2) is 10.1 Å². The number of hydrogen-bond acceptors (Lipinski definition) is 2. The molecule has 47 heavy (non-hydrogen) atoms. The van der Waals surface area contributed by atoms with Gasteiger partial charge >= 0.3 is 0 Å². The average molecular weight is 670 g/mol. The van der Waals surface area contributed by atoms with Crippen LogP contribution in [0.1, 0.15) is 131 Å². The Labute approximate surface area is 292 Å². The van der Waals surface area contributed by atoms with Crippen LogP contribution in [-0.4, -0.2) is 15.9 Å². The molecule has 0 saturated heterocycles. The van der Waals surface area contributed by atoms with Crippen molar-refractivity contribution >= 4 is 34.8 Å². The number of ketones is 2. The molecule has 5 fully saturated rings. The minimum atomic E-state index is -1.12. The molecule has 2 spiro atoms. The van der Waals surface area contributed by atoms with Gasteiger partial charge in [-0.25, -0.2) is 0 Å². The summed E-state index contributed by atoms with van der Waals surface area (Å²) in [6.45, 7) is 4.04. The number of carbonyl (C=O) groups is 2. The Hall–Kier alpha value is -2.68. The van der Waals surface area contributed by atoms with Gasteiger partial charge in [-0.3, -0.25) is 9.59 Å². The monoisotopic (exact) mass is 668 g/mol. The summed E-state index contributed by atoms with van der Waals surface area (Å²) in [6.07, 6.45) is 16.5. The van der Waals surface area contributed by atoms with E-state index in [1.807, 2.05) is 6.07 Å². The van der Waals surface area contributed by atoms with Crippen molar-refractivity contribution in [1.29, 1.82) is 0 Å². The molecule has 8 rings (SSSR count). The summed E-state index contributed by atoms with van der Waals surface area (Å²) in [6, 6.07) is 32.3. The largest absolute Gasteiger partial charge is 0.300 e. The van der Waals surface area contributed by atoms with Crippen molar-refractivity contribution in [1.82, 2.24) is 0 Å². The summed E-state index contributed by atoms with van der Waals surface area (Å²) in [5, 5.41) is 0. The van der Waals surface area contributed by atoms with Crippen LogP contribution in [0.4, 0.5) is 0 Å². The molecule has 5 aliphatic rings. The molecule has 0 heterocycles. The van der Waals surface area contributed by atoms with Crippen LogP contribution in [0.3, 0.4) is 0 Å². The number of Topliss-reactive ketones (excluding diaryl/α,β-unsaturated/α-hetero) is 2. The Balaban J connectivity index is 0.000000125. The van der Waals surface area contributed by atoms with Crippen LogP contribution in [0.25, 0.3) is 0 Å². The number of benzene rings is 3. The van der Waals surface area contributed by atoms with Crippen molar-refractivity contribution in [3.8, 4) is 0 Å². The van der Waals surface area contributed by atoms with Crippen molar-refractivity contribution in [2.45, 2.75) is 118 Å². The highest BCUT2D eigenvalue weighted by Gasteiger charge is 2.64. The zero-order chi connectivity index (χ0) is 32.9. The molecular formula is C43H50Cl2O2. The second-order valence-corrected chi connectivity index (χ2v) is 16.5. The van der Waals surface area contributed by atoms with Crippen LogP contribution in [0.5, 0.6) is 0 Å². The van der Waals surface area contributed by atoms with Gasteiger partial charge in [0.05, 0.1) is 0 Å². The SMILES string of the molecule is C=C1CCC(c2ccccc2)CC1.O=C1CC2(CCC(c3ccccc3)CC2)C1.O=C1CC2(CCC(c3ccccc3)CC2)C1(Cl)Cl. The highest BCUT2D eigenvalue weighted by atomic mass is 35.5. The van der Waals surface area contributed by atoms with Gasteiger partial charge in [0.1, 0.15) is 5.78 Å². The molecule has 3 aromatic carbocycles. The van der Waals surface area contributed by atoms with Gasteiger partial charge in [-0.2, -0.15) is 0 Å². The number of hydrogen-bond donors (Lipinski definition) is 0. The Morgan fingerprint density at radius 3 is 1.28 bits per heavy atom. The lowest BCUT2D eigenvalue weighted by Crippen LogP contribution is -2.58. The molecule has 4 heteroatoms. The van der Waals surface area contributed by atoms with Gasteiger partial charge in [0.2, 0.25) is 0 Å². The van der Waals surface area contributed by atoms with Crippen molar-refractivity contribution in [3.05, 3.63) is 120 Å². The van der Waals surface area contributed by atoms with E-state index in [0.717, 1.165) is 50.4 Å². The zero-order valence-electron chi connectivity index (χ0n) is 27.8. The first-order chi connectivity index (χ1) is 22.7. The summed E-state index contributed by atoms with van der Waals surface area (Å²) < 4.78 is -1.12. The van der Waals surface area contributed by atoms with Gasteiger partial charge in [0, 0.05) is 24.7 Å². The first kappa shape index (κ1) is 34.2. The Morgan fingerprint density at radius 1 is 0.532 bits per heavy atom. The molecule has 0 radical (unpaired) electrons. The predicted molar refractivity (Wildman–Crippen MR) is 195 cm³/mol. The molecule has 0 bridgehead atoms. The first-order valence-electron chi connectivity index (χ1n) is 17.9. The molecule has 3 aromatic rings. The van der Waals surface area contributed by atoms with E-state index in [2.05, 4.69) is 91.5 Å². The normalized spacial score (nSPS) is 23.5. The van der Waals surface area contributed by atoms with Gasteiger partial charge in [-0.1, -0.05) is 126 Å². The van der Waals surface area contributed by atoms with Crippen molar-refractivity contribution in [2.24, 2.45) is 10.8 Å². The maximum atomic E-state index is 11.5. The molecule has 248 valence electrons. The Kier molecular flexibility index (Phi) is 10.8. The summed E-state index contributed by atoms with van der Waals surface area (Å²) >= 11 is 12.4. The molecule has 2 nitrogen and oxygen atoms in total. The van der Waals surface area contributed by atoms with Gasteiger partial charge < -0.3 is 0 Å². The summed E-state index contributed by atoms with van der Waals surface area (Å²) in [5.41, 5.74) is 6.12. The maximum Gasteiger partial charge on any atom is 0.181 e. The van der Waals surface area contributed by atoms with E-state index in [4.69, 9.17) is 23.2 Å². The van der Waals surface area contributed by atoms with Crippen molar-refractivity contribution in [2.75, 3.05) is 0 Å².